The van der Waals surface area contributed by atoms with Gasteiger partial charge in [0.2, 0.25) is 0 Å². The Morgan fingerprint density at radius 3 is 2.47 bits per heavy atom. The summed E-state index contributed by atoms with van der Waals surface area (Å²) in [5.74, 6) is -0.639. The second-order valence-corrected chi connectivity index (χ2v) is 10.7. The van der Waals surface area contributed by atoms with Crippen molar-refractivity contribution in [2.24, 2.45) is 0 Å². The molecule has 38 heavy (non-hydrogen) atoms. The first kappa shape index (κ1) is 26.8. The lowest BCUT2D eigenvalue weighted by atomic mass is 9.98. The number of ether oxygens (including phenoxy) is 3. The van der Waals surface area contributed by atoms with Crippen LogP contribution < -0.4 is 10.1 Å². The molecular weight excluding hydrogens is 488 g/mol. The standard InChI is InChI=1S/C29H32N2O7/c1-28(2,3)38-27(35)31-16-19(20-11-12-23-21(24(20)31)13-14-29(4,5)37-23)15-22(25(32)33)30-26(34)36-17-18-9-7-6-8-10-18/h6-14,16,22H,15,17H2,1-5H3,(H,30,34)(H,32,33). The van der Waals surface area contributed by atoms with Gasteiger partial charge in [-0.2, -0.15) is 0 Å². The topological polar surface area (TPSA) is 116 Å². The van der Waals surface area contributed by atoms with Crippen molar-refractivity contribution in [3.05, 3.63) is 71.4 Å². The summed E-state index contributed by atoms with van der Waals surface area (Å²) in [6.07, 6.45) is 3.79. The van der Waals surface area contributed by atoms with Gasteiger partial charge in [0.25, 0.3) is 0 Å². The largest absolute Gasteiger partial charge is 0.483 e. The van der Waals surface area contributed by atoms with Gasteiger partial charge in [-0.3, -0.25) is 4.57 Å². The van der Waals surface area contributed by atoms with Crippen molar-refractivity contribution in [3.8, 4) is 5.75 Å². The predicted octanol–water partition coefficient (Wildman–Crippen LogP) is 5.53. The van der Waals surface area contributed by atoms with Crippen LogP contribution in [0.25, 0.3) is 17.0 Å². The second kappa shape index (κ2) is 10.2. The van der Waals surface area contributed by atoms with Gasteiger partial charge in [0, 0.05) is 23.6 Å². The van der Waals surface area contributed by atoms with Crippen LogP contribution in [0.3, 0.4) is 0 Å². The molecule has 1 aliphatic heterocycles. The Balaban J connectivity index is 1.66. The summed E-state index contributed by atoms with van der Waals surface area (Å²) in [5, 5.41) is 12.9. The smallest absolute Gasteiger partial charge is 0.419 e. The summed E-state index contributed by atoms with van der Waals surface area (Å²) in [4.78, 5) is 37.7. The quantitative estimate of drug-likeness (QED) is 0.439. The van der Waals surface area contributed by atoms with E-state index in [2.05, 4.69) is 5.32 Å². The molecule has 0 bridgehead atoms. The fraction of sp³-hybridized carbons (Fsp3) is 0.345. The van der Waals surface area contributed by atoms with Crippen LogP contribution in [-0.4, -0.2) is 45.1 Å². The maximum atomic E-state index is 13.2. The highest BCUT2D eigenvalue weighted by Gasteiger charge is 2.29. The number of nitrogens with one attached hydrogen (secondary N) is 1. The lowest BCUT2D eigenvalue weighted by molar-refractivity contribution is -0.139. The first-order valence-electron chi connectivity index (χ1n) is 12.3. The van der Waals surface area contributed by atoms with Crippen molar-refractivity contribution in [3.63, 3.8) is 0 Å². The first-order chi connectivity index (χ1) is 17.8. The molecule has 200 valence electrons. The molecule has 1 unspecified atom stereocenters. The van der Waals surface area contributed by atoms with Gasteiger partial charge in [-0.05, 0) is 70.0 Å². The molecule has 4 rings (SSSR count). The van der Waals surface area contributed by atoms with Gasteiger partial charge in [0.15, 0.2) is 0 Å². The normalized spacial score (nSPS) is 14.8. The molecule has 0 aliphatic carbocycles. The van der Waals surface area contributed by atoms with Gasteiger partial charge in [-0.25, -0.2) is 14.4 Å². The number of hydrogen-bond acceptors (Lipinski definition) is 6. The number of carboxylic acids is 1. The van der Waals surface area contributed by atoms with E-state index in [4.69, 9.17) is 14.2 Å². The highest BCUT2D eigenvalue weighted by molar-refractivity contribution is 5.99. The highest BCUT2D eigenvalue weighted by Crippen LogP contribution is 2.38. The molecule has 0 saturated heterocycles. The van der Waals surface area contributed by atoms with Gasteiger partial charge in [-0.1, -0.05) is 30.3 Å². The number of hydrogen-bond donors (Lipinski definition) is 2. The second-order valence-electron chi connectivity index (χ2n) is 10.7. The molecule has 1 amide bonds. The van der Waals surface area contributed by atoms with E-state index in [0.717, 1.165) is 5.56 Å². The lowest BCUT2D eigenvalue weighted by Crippen LogP contribution is -2.42. The summed E-state index contributed by atoms with van der Waals surface area (Å²) in [7, 11) is 0. The number of aromatic nitrogens is 1. The Hall–Kier alpha value is -4.27. The number of fused-ring (bicyclic) bond motifs is 3. The van der Waals surface area contributed by atoms with E-state index < -0.39 is 35.4 Å². The zero-order valence-corrected chi connectivity index (χ0v) is 22.1. The van der Waals surface area contributed by atoms with Crippen LogP contribution in [-0.2, 0) is 27.3 Å². The van der Waals surface area contributed by atoms with Crippen LogP contribution in [0.4, 0.5) is 9.59 Å². The average molecular weight is 521 g/mol. The molecule has 1 atom stereocenters. The van der Waals surface area contributed by atoms with E-state index >= 15 is 0 Å². The summed E-state index contributed by atoms with van der Waals surface area (Å²) < 4.78 is 18.3. The highest BCUT2D eigenvalue weighted by atomic mass is 16.6. The van der Waals surface area contributed by atoms with Crippen LogP contribution in [0.5, 0.6) is 5.75 Å². The predicted molar refractivity (Wildman–Crippen MR) is 142 cm³/mol. The van der Waals surface area contributed by atoms with E-state index in [9.17, 15) is 19.5 Å². The van der Waals surface area contributed by atoms with Gasteiger partial charge in [-0.15, -0.1) is 0 Å². The molecule has 2 N–H and O–H groups in total. The minimum atomic E-state index is -1.29. The molecule has 0 fully saturated rings. The van der Waals surface area contributed by atoms with Gasteiger partial charge < -0.3 is 24.6 Å². The molecular formula is C29H32N2O7. The number of carboxylic acid groups (broad SMARTS) is 1. The summed E-state index contributed by atoms with van der Waals surface area (Å²) in [6, 6.07) is 11.4. The molecule has 9 nitrogen and oxygen atoms in total. The number of nitrogens with zero attached hydrogens (tertiary/aromatic N) is 1. The number of alkyl carbamates (subject to hydrolysis) is 1. The van der Waals surface area contributed by atoms with E-state index in [1.54, 1.807) is 51.2 Å². The Kier molecular flexibility index (Phi) is 7.22. The van der Waals surface area contributed by atoms with Crippen LogP contribution in [0, 0.1) is 0 Å². The maximum absolute atomic E-state index is 13.2. The fourth-order valence-corrected chi connectivity index (χ4v) is 4.19. The van der Waals surface area contributed by atoms with Gasteiger partial charge in [0.1, 0.15) is 29.6 Å². The molecule has 1 aliphatic rings. The lowest BCUT2D eigenvalue weighted by Gasteiger charge is -2.28. The van der Waals surface area contributed by atoms with Crippen molar-refractivity contribution in [2.75, 3.05) is 0 Å². The fourth-order valence-electron chi connectivity index (χ4n) is 4.19. The molecule has 3 aromatic rings. The first-order valence-corrected chi connectivity index (χ1v) is 12.3. The van der Waals surface area contributed by atoms with Crippen LogP contribution >= 0.6 is 0 Å². The Morgan fingerprint density at radius 1 is 1.11 bits per heavy atom. The average Bonchev–Trinajstić information content (AvgIpc) is 3.20. The van der Waals surface area contributed by atoms with Crippen molar-refractivity contribution in [2.45, 2.75) is 64.9 Å². The number of aliphatic carboxylic acids is 1. The summed E-state index contributed by atoms with van der Waals surface area (Å²) >= 11 is 0. The zero-order valence-electron chi connectivity index (χ0n) is 22.1. The number of benzene rings is 2. The van der Waals surface area contributed by atoms with Crippen LogP contribution in [0.2, 0.25) is 0 Å². The molecule has 2 heterocycles. The van der Waals surface area contributed by atoms with Crippen molar-refractivity contribution in [1.82, 2.24) is 9.88 Å². The van der Waals surface area contributed by atoms with E-state index in [0.29, 0.717) is 27.8 Å². The van der Waals surface area contributed by atoms with Crippen molar-refractivity contribution < 1.29 is 33.7 Å². The number of carbonyl (C=O) groups is 3. The summed E-state index contributed by atoms with van der Waals surface area (Å²) in [5.41, 5.74) is 1.27. The van der Waals surface area contributed by atoms with Crippen LogP contribution in [0.15, 0.2) is 54.7 Å². The van der Waals surface area contributed by atoms with E-state index in [-0.39, 0.29) is 13.0 Å². The Labute approximate surface area is 221 Å². The number of amides is 1. The molecule has 0 saturated carbocycles. The number of rotatable bonds is 6. The number of carbonyl (C=O) groups excluding carboxylic acids is 2. The Bertz CT molecular complexity index is 1400. The van der Waals surface area contributed by atoms with Gasteiger partial charge in [0.05, 0.1) is 5.52 Å². The third-order valence-electron chi connectivity index (χ3n) is 5.89. The molecule has 2 aromatic carbocycles. The maximum Gasteiger partial charge on any atom is 0.419 e. The van der Waals surface area contributed by atoms with E-state index in [1.807, 2.05) is 44.2 Å². The van der Waals surface area contributed by atoms with E-state index in [1.165, 1.54) is 4.57 Å². The molecule has 9 heteroatoms. The third-order valence-corrected chi connectivity index (χ3v) is 5.89. The Morgan fingerprint density at radius 2 is 1.82 bits per heavy atom. The SMILES string of the molecule is CC(C)(C)OC(=O)n1cc(CC(NC(=O)OCc2ccccc2)C(=O)O)c2ccc3c(c21)C=CC(C)(C)O3. The minimum Gasteiger partial charge on any atom is -0.483 e. The zero-order chi connectivity index (χ0) is 27.7. The summed E-state index contributed by atoms with van der Waals surface area (Å²) in [6.45, 7) is 9.16. The molecule has 0 radical (unpaired) electrons. The monoisotopic (exact) mass is 520 g/mol. The molecule has 0 spiro atoms. The van der Waals surface area contributed by atoms with Crippen LogP contribution in [0.1, 0.15) is 51.3 Å². The van der Waals surface area contributed by atoms with Crippen molar-refractivity contribution in [1.29, 1.82) is 0 Å². The molecule has 1 aromatic heterocycles. The third kappa shape index (κ3) is 6.16. The van der Waals surface area contributed by atoms with Gasteiger partial charge >= 0.3 is 18.2 Å². The minimum absolute atomic E-state index is 0.00574. The van der Waals surface area contributed by atoms with Crippen molar-refractivity contribution >= 4 is 35.1 Å².